The molecule has 1 saturated carbocycles. The smallest absolute Gasteiger partial charge is 0.227 e. The molecule has 1 aliphatic rings. The number of amides is 1. The van der Waals surface area contributed by atoms with Crippen LogP contribution < -0.4 is 11.1 Å². The van der Waals surface area contributed by atoms with E-state index in [4.69, 9.17) is 28.9 Å². The van der Waals surface area contributed by atoms with Crippen LogP contribution in [-0.4, -0.2) is 12.5 Å². The molecule has 2 rings (SSSR count). The van der Waals surface area contributed by atoms with Gasteiger partial charge in [-0.1, -0.05) is 42.1 Å². The van der Waals surface area contributed by atoms with Gasteiger partial charge in [0.25, 0.3) is 0 Å². The number of nitrogens with two attached hydrogens (primary N) is 1. The number of nitrogens with one attached hydrogen (secondary N) is 1. The van der Waals surface area contributed by atoms with Crippen LogP contribution in [0.15, 0.2) is 18.2 Å². The Morgan fingerprint density at radius 2 is 1.95 bits per heavy atom. The van der Waals surface area contributed by atoms with E-state index in [1.54, 1.807) is 12.1 Å². The van der Waals surface area contributed by atoms with Gasteiger partial charge >= 0.3 is 0 Å². The maximum atomic E-state index is 12.5. The Kier molecular flexibility index (Phi) is 6.79. The lowest BCUT2D eigenvalue weighted by Gasteiger charge is -2.28. The van der Waals surface area contributed by atoms with Crippen molar-refractivity contribution in [3.8, 4) is 0 Å². The van der Waals surface area contributed by atoms with Crippen LogP contribution >= 0.6 is 35.6 Å². The highest BCUT2D eigenvalue weighted by molar-refractivity contribution is 6.42. The SMILES string of the molecule is CC(NC(=O)C1(CN)CCCC1)c1ccc(Cl)c(Cl)c1.Cl. The minimum atomic E-state index is -0.384. The van der Waals surface area contributed by atoms with Gasteiger partial charge in [0.1, 0.15) is 0 Å². The molecule has 1 aromatic rings. The van der Waals surface area contributed by atoms with Crippen molar-refractivity contribution in [3.63, 3.8) is 0 Å². The zero-order valence-electron chi connectivity index (χ0n) is 12.0. The van der Waals surface area contributed by atoms with Crippen molar-refractivity contribution >= 4 is 41.5 Å². The number of halogens is 3. The molecule has 1 aromatic carbocycles. The number of benzene rings is 1. The van der Waals surface area contributed by atoms with Crippen LogP contribution in [0.5, 0.6) is 0 Å². The third-order valence-corrected chi connectivity index (χ3v) is 4.96. The van der Waals surface area contributed by atoms with Crippen molar-refractivity contribution in [2.75, 3.05) is 6.54 Å². The average Bonchev–Trinajstić information content (AvgIpc) is 2.91. The molecule has 1 aliphatic carbocycles. The molecule has 1 fully saturated rings. The summed E-state index contributed by atoms with van der Waals surface area (Å²) in [4.78, 5) is 12.5. The lowest BCUT2D eigenvalue weighted by Crippen LogP contribution is -2.44. The first-order chi connectivity index (χ1) is 9.48. The number of hydrogen-bond acceptors (Lipinski definition) is 2. The molecule has 1 atom stereocenters. The number of carbonyl (C=O) groups excluding carboxylic acids is 1. The molecule has 3 nitrogen and oxygen atoms in total. The van der Waals surface area contributed by atoms with E-state index in [1.165, 1.54) is 0 Å². The summed E-state index contributed by atoms with van der Waals surface area (Å²) >= 11 is 11.9. The molecule has 21 heavy (non-hydrogen) atoms. The predicted molar refractivity (Wildman–Crippen MR) is 90.2 cm³/mol. The van der Waals surface area contributed by atoms with E-state index in [1.807, 2.05) is 13.0 Å². The third kappa shape index (κ3) is 4.04. The van der Waals surface area contributed by atoms with Gasteiger partial charge in [-0.15, -0.1) is 12.4 Å². The highest BCUT2D eigenvalue weighted by atomic mass is 35.5. The van der Waals surface area contributed by atoms with Crippen molar-refractivity contribution in [2.45, 2.75) is 38.6 Å². The summed E-state index contributed by atoms with van der Waals surface area (Å²) in [6.45, 7) is 2.35. The van der Waals surface area contributed by atoms with Gasteiger partial charge in [-0.2, -0.15) is 0 Å². The lowest BCUT2D eigenvalue weighted by molar-refractivity contribution is -0.131. The lowest BCUT2D eigenvalue weighted by atomic mass is 9.85. The molecule has 6 heteroatoms. The van der Waals surface area contributed by atoms with Crippen molar-refractivity contribution in [1.82, 2.24) is 5.32 Å². The summed E-state index contributed by atoms with van der Waals surface area (Å²) < 4.78 is 0. The van der Waals surface area contributed by atoms with E-state index in [-0.39, 0.29) is 29.8 Å². The van der Waals surface area contributed by atoms with Gasteiger partial charge in [-0.3, -0.25) is 4.79 Å². The summed E-state index contributed by atoms with van der Waals surface area (Å²) in [5.74, 6) is 0.0519. The van der Waals surface area contributed by atoms with Crippen molar-refractivity contribution < 1.29 is 4.79 Å². The van der Waals surface area contributed by atoms with E-state index in [9.17, 15) is 4.79 Å². The predicted octanol–water partition coefficient (Wildman–Crippen LogP) is 4.11. The highest BCUT2D eigenvalue weighted by Gasteiger charge is 2.40. The molecule has 0 bridgehead atoms. The number of hydrogen-bond donors (Lipinski definition) is 2. The van der Waals surface area contributed by atoms with E-state index < -0.39 is 0 Å². The van der Waals surface area contributed by atoms with Gasteiger partial charge in [0.05, 0.1) is 21.5 Å². The molecule has 0 heterocycles. The second kappa shape index (κ2) is 7.68. The van der Waals surface area contributed by atoms with Crippen molar-refractivity contribution in [1.29, 1.82) is 0 Å². The van der Waals surface area contributed by atoms with Gasteiger partial charge in [0.2, 0.25) is 5.91 Å². The highest BCUT2D eigenvalue weighted by Crippen LogP contribution is 2.38. The van der Waals surface area contributed by atoms with E-state index in [0.717, 1.165) is 31.2 Å². The molecule has 0 aliphatic heterocycles. The topological polar surface area (TPSA) is 55.1 Å². The maximum Gasteiger partial charge on any atom is 0.227 e. The molecular weight excluding hydrogens is 331 g/mol. The first-order valence-electron chi connectivity index (χ1n) is 6.94. The molecule has 1 amide bonds. The Balaban J connectivity index is 0.00000220. The normalized spacial score (nSPS) is 17.9. The molecule has 0 aromatic heterocycles. The van der Waals surface area contributed by atoms with Crippen LogP contribution in [-0.2, 0) is 4.79 Å². The van der Waals surface area contributed by atoms with Gasteiger partial charge < -0.3 is 11.1 Å². The largest absolute Gasteiger partial charge is 0.349 e. The first kappa shape index (κ1) is 18.6. The molecule has 1 unspecified atom stereocenters. The van der Waals surface area contributed by atoms with Crippen molar-refractivity contribution in [3.05, 3.63) is 33.8 Å². The first-order valence-corrected chi connectivity index (χ1v) is 7.70. The minimum Gasteiger partial charge on any atom is -0.349 e. The van der Waals surface area contributed by atoms with Crippen LogP contribution in [0.3, 0.4) is 0 Å². The Labute approximate surface area is 142 Å². The van der Waals surface area contributed by atoms with E-state index >= 15 is 0 Å². The fraction of sp³-hybridized carbons (Fsp3) is 0.533. The van der Waals surface area contributed by atoms with Gasteiger partial charge in [0.15, 0.2) is 0 Å². The summed E-state index contributed by atoms with van der Waals surface area (Å²) in [7, 11) is 0. The Bertz CT molecular complexity index is 502. The van der Waals surface area contributed by atoms with Crippen LogP contribution in [0.2, 0.25) is 10.0 Å². The zero-order chi connectivity index (χ0) is 14.8. The quantitative estimate of drug-likeness (QED) is 0.857. The fourth-order valence-electron chi connectivity index (χ4n) is 2.79. The standard InChI is InChI=1S/C15H20Cl2N2O.ClH/c1-10(11-4-5-12(16)13(17)8-11)19-14(20)15(9-18)6-2-3-7-15;/h4-5,8,10H,2-3,6-7,9,18H2,1H3,(H,19,20);1H. The van der Waals surface area contributed by atoms with Gasteiger partial charge in [0, 0.05) is 6.54 Å². The second-order valence-electron chi connectivity index (χ2n) is 5.56. The van der Waals surface area contributed by atoms with Crippen LogP contribution in [0, 0.1) is 5.41 Å². The summed E-state index contributed by atoms with van der Waals surface area (Å²) in [6.07, 6.45) is 3.91. The van der Waals surface area contributed by atoms with Gasteiger partial charge in [-0.25, -0.2) is 0 Å². The van der Waals surface area contributed by atoms with Crippen molar-refractivity contribution in [2.24, 2.45) is 11.1 Å². The maximum absolute atomic E-state index is 12.5. The Hall–Kier alpha value is -0.480. The summed E-state index contributed by atoms with van der Waals surface area (Å²) in [5.41, 5.74) is 6.39. The Morgan fingerprint density at radius 3 is 2.48 bits per heavy atom. The van der Waals surface area contributed by atoms with Gasteiger partial charge in [-0.05, 0) is 37.5 Å². The monoisotopic (exact) mass is 350 g/mol. The molecule has 0 spiro atoms. The molecule has 0 radical (unpaired) electrons. The fourth-order valence-corrected chi connectivity index (χ4v) is 3.10. The Morgan fingerprint density at radius 1 is 1.33 bits per heavy atom. The number of rotatable bonds is 4. The molecule has 3 N–H and O–H groups in total. The number of carbonyl (C=O) groups is 1. The minimum absolute atomic E-state index is 0. The van der Waals surface area contributed by atoms with Crippen LogP contribution in [0.1, 0.15) is 44.2 Å². The zero-order valence-corrected chi connectivity index (χ0v) is 14.3. The summed E-state index contributed by atoms with van der Waals surface area (Å²) in [6, 6.07) is 5.30. The third-order valence-electron chi connectivity index (χ3n) is 4.22. The van der Waals surface area contributed by atoms with Crippen LogP contribution in [0.4, 0.5) is 0 Å². The van der Waals surface area contributed by atoms with Crippen LogP contribution in [0.25, 0.3) is 0 Å². The molecular formula is C15H21Cl3N2O. The van der Waals surface area contributed by atoms with E-state index in [0.29, 0.717) is 16.6 Å². The summed E-state index contributed by atoms with van der Waals surface area (Å²) in [5, 5.41) is 4.07. The molecule has 118 valence electrons. The second-order valence-corrected chi connectivity index (χ2v) is 6.37. The molecule has 0 saturated heterocycles. The average molecular weight is 352 g/mol. The van der Waals surface area contributed by atoms with E-state index in [2.05, 4.69) is 5.32 Å².